The first-order valence-electron chi connectivity index (χ1n) is 9.84. The molecule has 0 fully saturated rings. The van der Waals surface area contributed by atoms with Crippen LogP contribution in [0, 0.1) is 12.7 Å². The SMILES string of the molecule is Cc1cc(S(=O)(=O)Nc2ccc(F)cc2)ccc1OCC(=O)NCc1ccc(S(N)(=O)=O)cc1. The summed E-state index contributed by atoms with van der Waals surface area (Å²) in [5.41, 5.74) is 1.38. The number of halogens is 1. The fraction of sp³-hybridized carbons (Fsp3) is 0.136. The Morgan fingerprint density at radius 2 is 1.56 bits per heavy atom. The molecule has 0 spiro atoms. The molecule has 0 aliphatic rings. The number of hydrogen-bond acceptors (Lipinski definition) is 6. The zero-order chi connectivity index (χ0) is 24.9. The number of hydrogen-bond donors (Lipinski definition) is 3. The van der Waals surface area contributed by atoms with Gasteiger partial charge in [0.1, 0.15) is 11.6 Å². The van der Waals surface area contributed by atoms with Crippen molar-refractivity contribution in [2.24, 2.45) is 5.14 Å². The molecule has 0 aliphatic carbocycles. The van der Waals surface area contributed by atoms with Gasteiger partial charge in [-0.2, -0.15) is 0 Å². The first-order chi connectivity index (χ1) is 15.9. The summed E-state index contributed by atoms with van der Waals surface area (Å²) >= 11 is 0. The highest BCUT2D eigenvalue weighted by Gasteiger charge is 2.16. The summed E-state index contributed by atoms with van der Waals surface area (Å²) in [7, 11) is -7.69. The summed E-state index contributed by atoms with van der Waals surface area (Å²) in [6.45, 7) is 1.48. The van der Waals surface area contributed by atoms with Gasteiger partial charge in [-0.1, -0.05) is 12.1 Å². The Morgan fingerprint density at radius 1 is 0.941 bits per heavy atom. The van der Waals surface area contributed by atoms with E-state index in [0.29, 0.717) is 16.9 Å². The molecule has 3 aromatic carbocycles. The number of ether oxygens (including phenoxy) is 1. The molecule has 0 atom stereocenters. The van der Waals surface area contributed by atoms with Crippen LogP contribution >= 0.6 is 0 Å². The summed E-state index contributed by atoms with van der Waals surface area (Å²) in [6.07, 6.45) is 0. The molecular formula is C22H22FN3O6S2. The highest BCUT2D eigenvalue weighted by molar-refractivity contribution is 7.92. The van der Waals surface area contributed by atoms with Crippen molar-refractivity contribution < 1.29 is 30.8 Å². The maximum Gasteiger partial charge on any atom is 0.261 e. The standard InChI is InChI=1S/C22H22FN3O6S2/c1-15-12-20(34(30,31)26-18-6-4-17(23)5-7-18)10-11-21(15)32-14-22(27)25-13-16-2-8-19(9-3-16)33(24,28)29/h2-12,26H,13-14H2,1H3,(H,25,27)(H2,24,28,29). The second-order valence-corrected chi connectivity index (χ2v) is 10.5. The topological polar surface area (TPSA) is 145 Å². The van der Waals surface area contributed by atoms with Crippen molar-refractivity contribution in [3.63, 3.8) is 0 Å². The Kier molecular flexibility index (Phi) is 7.54. The molecule has 0 saturated carbocycles. The van der Waals surface area contributed by atoms with E-state index in [1.807, 2.05) is 0 Å². The van der Waals surface area contributed by atoms with Crippen molar-refractivity contribution in [1.82, 2.24) is 5.32 Å². The lowest BCUT2D eigenvalue weighted by Crippen LogP contribution is -2.28. The number of nitrogens with one attached hydrogen (secondary N) is 2. The third-order valence-corrected chi connectivity index (χ3v) is 6.96. The van der Waals surface area contributed by atoms with Crippen LogP contribution in [-0.2, 0) is 31.4 Å². The predicted octanol–water partition coefficient (Wildman–Crippen LogP) is 2.28. The number of sulfonamides is 2. The zero-order valence-corrected chi connectivity index (χ0v) is 19.6. The molecule has 3 rings (SSSR count). The van der Waals surface area contributed by atoms with Gasteiger partial charge in [0.15, 0.2) is 6.61 Å². The van der Waals surface area contributed by atoms with Gasteiger partial charge >= 0.3 is 0 Å². The number of rotatable bonds is 9. The molecule has 0 heterocycles. The van der Waals surface area contributed by atoms with Crippen LogP contribution in [0.25, 0.3) is 0 Å². The quantitative estimate of drug-likeness (QED) is 0.405. The van der Waals surface area contributed by atoms with E-state index in [1.165, 1.54) is 54.6 Å². The molecule has 12 heteroatoms. The molecule has 0 aromatic heterocycles. The van der Waals surface area contributed by atoms with Gasteiger partial charge in [0.25, 0.3) is 15.9 Å². The van der Waals surface area contributed by atoms with Gasteiger partial charge in [0.2, 0.25) is 10.0 Å². The number of amides is 1. The second-order valence-electron chi connectivity index (χ2n) is 7.29. The molecule has 0 aliphatic heterocycles. The number of nitrogens with two attached hydrogens (primary N) is 1. The van der Waals surface area contributed by atoms with Gasteiger partial charge in [0, 0.05) is 12.2 Å². The number of carbonyl (C=O) groups is 1. The smallest absolute Gasteiger partial charge is 0.261 e. The summed E-state index contributed by atoms with van der Waals surface area (Å²) in [5, 5.41) is 7.68. The van der Waals surface area contributed by atoms with Crippen LogP contribution < -0.4 is 19.9 Å². The van der Waals surface area contributed by atoms with Crippen molar-refractivity contribution in [2.75, 3.05) is 11.3 Å². The zero-order valence-electron chi connectivity index (χ0n) is 18.0. The fourth-order valence-electron chi connectivity index (χ4n) is 2.87. The minimum atomic E-state index is -3.90. The molecule has 0 unspecified atom stereocenters. The van der Waals surface area contributed by atoms with E-state index in [2.05, 4.69) is 10.0 Å². The van der Waals surface area contributed by atoms with E-state index in [-0.39, 0.29) is 28.6 Å². The summed E-state index contributed by atoms with van der Waals surface area (Å²) < 4.78 is 68.5. The Labute approximate surface area is 196 Å². The van der Waals surface area contributed by atoms with E-state index in [0.717, 1.165) is 12.1 Å². The van der Waals surface area contributed by atoms with Crippen molar-refractivity contribution in [2.45, 2.75) is 23.3 Å². The maximum atomic E-state index is 13.0. The Bertz CT molecular complexity index is 1390. The highest BCUT2D eigenvalue weighted by Crippen LogP contribution is 2.23. The van der Waals surface area contributed by atoms with Crippen LogP contribution in [0.5, 0.6) is 5.75 Å². The summed E-state index contributed by atoms with van der Waals surface area (Å²) in [5.74, 6) is -0.581. The van der Waals surface area contributed by atoms with Crippen molar-refractivity contribution in [3.8, 4) is 5.75 Å². The number of primary sulfonamides is 1. The minimum absolute atomic E-state index is 0.0194. The first kappa shape index (κ1) is 25.1. The molecule has 1 amide bonds. The summed E-state index contributed by atoms with van der Waals surface area (Å²) in [4.78, 5) is 12.0. The van der Waals surface area contributed by atoms with E-state index < -0.39 is 31.8 Å². The van der Waals surface area contributed by atoms with Crippen molar-refractivity contribution in [1.29, 1.82) is 0 Å². The molecule has 4 N–H and O–H groups in total. The lowest BCUT2D eigenvalue weighted by atomic mass is 10.2. The molecule has 0 saturated heterocycles. The predicted molar refractivity (Wildman–Crippen MR) is 124 cm³/mol. The first-order valence-corrected chi connectivity index (χ1v) is 12.9. The number of aryl methyl sites for hydroxylation is 1. The van der Waals surface area contributed by atoms with Gasteiger partial charge in [-0.15, -0.1) is 0 Å². The molecule has 34 heavy (non-hydrogen) atoms. The molecule has 0 bridgehead atoms. The molecule has 0 radical (unpaired) electrons. The van der Waals surface area contributed by atoms with E-state index in [4.69, 9.17) is 9.88 Å². The lowest BCUT2D eigenvalue weighted by molar-refractivity contribution is -0.123. The van der Waals surface area contributed by atoms with Gasteiger partial charge < -0.3 is 10.1 Å². The average molecular weight is 508 g/mol. The third kappa shape index (κ3) is 6.76. The molecule has 3 aromatic rings. The fourth-order valence-corrected chi connectivity index (χ4v) is 4.53. The Morgan fingerprint density at radius 3 is 2.15 bits per heavy atom. The maximum absolute atomic E-state index is 13.0. The van der Waals surface area contributed by atoms with E-state index in [9.17, 15) is 26.0 Å². The van der Waals surface area contributed by atoms with Crippen LogP contribution in [0.15, 0.2) is 76.5 Å². The van der Waals surface area contributed by atoms with Crippen LogP contribution in [0.1, 0.15) is 11.1 Å². The van der Waals surface area contributed by atoms with E-state index >= 15 is 0 Å². The number of carbonyl (C=O) groups excluding carboxylic acids is 1. The monoisotopic (exact) mass is 507 g/mol. The van der Waals surface area contributed by atoms with Gasteiger partial charge in [-0.3, -0.25) is 9.52 Å². The van der Waals surface area contributed by atoms with E-state index in [1.54, 1.807) is 6.92 Å². The number of anilines is 1. The van der Waals surface area contributed by atoms with Crippen LogP contribution in [-0.4, -0.2) is 29.3 Å². The lowest BCUT2D eigenvalue weighted by Gasteiger charge is -2.12. The Balaban J connectivity index is 1.56. The van der Waals surface area contributed by atoms with Crippen molar-refractivity contribution in [3.05, 3.63) is 83.7 Å². The average Bonchev–Trinajstić information content (AvgIpc) is 2.78. The minimum Gasteiger partial charge on any atom is -0.484 e. The second kappa shape index (κ2) is 10.2. The highest BCUT2D eigenvalue weighted by atomic mass is 32.2. The van der Waals surface area contributed by atoms with Gasteiger partial charge in [-0.25, -0.2) is 26.4 Å². The van der Waals surface area contributed by atoms with Gasteiger partial charge in [0.05, 0.1) is 9.79 Å². The van der Waals surface area contributed by atoms with Crippen LogP contribution in [0.3, 0.4) is 0 Å². The summed E-state index contributed by atoms with van der Waals surface area (Å²) in [6, 6.07) is 14.8. The molecule has 9 nitrogen and oxygen atoms in total. The third-order valence-electron chi connectivity index (χ3n) is 4.65. The van der Waals surface area contributed by atoms with Crippen molar-refractivity contribution >= 4 is 31.6 Å². The number of benzene rings is 3. The van der Waals surface area contributed by atoms with Gasteiger partial charge in [-0.05, 0) is 72.6 Å². The molecular weight excluding hydrogens is 485 g/mol. The normalized spacial score (nSPS) is 11.6. The molecule has 180 valence electrons. The van der Waals surface area contributed by atoms with Crippen LogP contribution in [0.2, 0.25) is 0 Å². The largest absolute Gasteiger partial charge is 0.484 e. The Hall–Kier alpha value is -3.48. The van der Waals surface area contributed by atoms with Crippen LogP contribution in [0.4, 0.5) is 10.1 Å².